The number of aromatic nitrogens is 3. The first-order valence-electron chi connectivity index (χ1n) is 11.2. The number of hydrogen-bond acceptors (Lipinski definition) is 2. The zero-order chi connectivity index (χ0) is 22.8. The van der Waals surface area contributed by atoms with E-state index in [-0.39, 0.29) is 19.0 Å². The minimum atomic E-state index is -0.117. The minimum Gasteiger partial charge on any atom is -0.340 e. The molecule has 0 spiro atoms. The van der Waals surface area contributed by atoms with Gasteiger partial charge in [-0.25, -0.2) is 4.52 Å². The van der Waals surface area contributed by atoms with Crippen LogP contribution in [0.15, 0.2) is 79.0 Å². The molecular weight excluding hydrogens is 420 g/mol. The summed E-state index contributed by atoms with van der Waals surface area (Å²) >= 11 is 0. The van der Waals surface area contributed by atoms with Crippen LogP contribution in [-0.4, -0.2) is 22.1 Å². The van der Waals surface area contributed by atoms with Crippen molar-refractivity contribution < 1.29 is 9.36 Å². The lowest BCUT2D eigenvalue weighted by molar-refractivity contribution is -0.629. The minimum absolute atomic E-state index is 0.117. The van der Waals surface area contributed by atoms with Gasteiger partial charge in [0.2, 0.25) is 17.6 Å². The van der Waals surface area contributed by atoms with Gasteiger partial charge in [0, 0.05) is 23.0 Å². The lowest BCUT2D eigenvalue weighted by Gasteiger charge is -2.04. The maximum absolute atomic E-state index is 12.7. The molecule has 0 unspecified atom stereocenters. The fourth-order valence-electron chi connectivity index (χ4n) is 5.38. The fraction of sp³-hybridized carbons (Fsp3) is 0.0690. The number of benzene rings is 3. The number of fused-ring (bicyclic) bond motifs is 8. The second kappa shape index (κ2) is 6.90. The van der Waals surface area contributed by atoms with E-state index in [0.29, 0.717) is 0 Å². The van der Waals surface area contributed by atoms with Crippen LogP contribution in [0.4, 0.5) is 0 Å². The second-order valence-corrected chi connectivity index (χ2v) is 8.61. The Kier molecular flexibility index (Phi) is 3.82. The van der Waals surface area contributed by atoms with Crippen molar-refractivity contribution in [2.24, 2.45) is 0 Å². The Morgan fingerprint density at radius 1 is 0.941 bits per heavy atom. The molecular formula is C29H19N4O+. The van der Waals surface area contributed by atoms with Crippen LogP contribution in [0.5, 0.6) is 0 Å². The highest BCUT2D eigenvalue weighted by Crippen LogP contribution is 2.38. The van der Waals surface area contributed by atoms with Gasteiger partial charge in [0.25, 0.3) is 5.91 Å². The number of nitrogens with one attached hydrogen (secondary N) is 1. The summed E-state index contributed by atoms with van der Waals surface area (Å²) in [6.07, 6.45) is 7.35. The van der Waals surface area contributed by atoms with Crippen LogP contribution in [0.2, 0.25) is 0 Å². The van der Waals surface area contributed by atoms with Crippen molar-refractivity contribution in [1.82, 2.24) is 14.9 Å². The summed E-state index contributed by atoms with van der Waals surface area (Å²) in [5.41, 5.74) is 3.94. The van der Waals surface area contributed by atoms with Crippen LogP contribution >= 0.6 is 0 Å². The monoisotopic (exact) mass is 439 g/mol. The highest BCUT2D eigenvalue weighted by molar-refractivity contribution is 6.29. The Labute approximate surface area is 194 Å². The van der Waals surface area contributed by atoms with Gasteiger partial charge in [-0.15, -0.1) is 6.42 Å². The molecule has 1 amide bonds. The first-order chi connectivity index (χ1) is 16.7. The van der Waals surface area contributed by atoms with Crippen LogP contribution in [0.25, 0.3) is 59.8 Å². The van der Waals surface area contributed by atoms with E-state index in [9.17, 15) is 4.79 Å². The average Bonchev–Trinajstić information content (AvgIpc) is 3.36. The third-order valence-corrected chi connectivity index (χ3v) is 6.77. The quantitative estimate of drug-likeness (QED) is 0.324. The summed E-state index contributed by atoms with van der Waals surface area (Å²) in [6.45, 7) is 0.390. The van der Waals surface area contributed by atoms with Crippen molar-refractivity contribution in [3.8, 4) is 12.3 Å². The molecule has 1 N–H and O–H groups in total. The molecule has 5 heteroatoms. The number of hydrogen-bond donors (Lipinski definition) is 1. The van der Waals surface area contributed by atoms with Crippen molar-refractivity contribution >= 4 is 65.7 Å². The summed E-state index contributed by atoms with van der Waals surface area (Å²) in [7, 11) is 0. The number of pyridine rings is 1. The number of para-hydroxylation sites is 1. The van der Waals surface area contributed by atoms with Gasteiger partial charge in [-0.05, 0) is 34.4 Å². The van der Waals surface area contributed by atoms with E-state index in [0.717, 1.165) is 43.6 Å². The molecule has 0 saturated heterocycles. The molecule has 0 bridgehead atoms. The maximum Gasteiger partial charge on any atom is 0.286 e. The molecule has 0 fully saturated rings. The molecule has 0 aliphatic carbocycles. The smallest absolute Gasteiger partial charge is 0.286 e. The van der Waals surface area contributed by atoms with E-state index in [4.69, 9.17) is 11.5 Å². The summed E-state index contributed by atoms with van der Waals surface area (Å²) in [6, 6.07) is 25.3. The molecule has 4 aromatic carbocycles. The van der Waals surface area contributed by atoms with Crippen LogP contribution < -0.4 is 9.88 Å². The average molecular weight is 439 g/mol. The van der Waals surface area contributed by atoms with Crippen molar-refractivity contribution in [3.05, 3.63) is 79.0 Å². The lowest BCUT2D eigenvalue weighted by atomic mass is 10.1. The molecule has 0 saturated carbocycles. The van der Waals surface area contributed by atoms with Crippen LogP contribution in [0.1, 0.15) is 0 Å². The van der Waals surface area contributed by atoms with Crippen LogP contribution in [0, 0.1) is 12.3 Å². The van der Waals surface area contributed by atoms with Crippen LogP contribution in [-0.2, 0) is 11.3 Å². The number of nitrogens with zero attached hydrogens (tertiary/aromatic N) is 3. The van der Waals surface area contributed by atoms with E-state index in [1.54, 1.807) is 0 Å². The third kappa shape index (κ3) is 2.48. The molecule has 34 heavy (non-hydrogen) atoms. The van der Waals surface area contributed by atoms with Crippen molar-refractivity contribution in [3.63, 3.8) is 0 Å². The van der Waals surface area contributed by atoms with Gasteiger partial charge in [0.1, 0.15) is 5.52 Å². The fourth-order valence-corrected chi connectivity index (χ4v) is 5.38. The predicted octanol–water partition coefficient (Wildman–Crippen LogP) is 4.58. The Morgan fingerprint density at radius 3 is 2.59 bits per heavy atom. The summed E-state index contributed by atoms with van der Waals surface area (Å²) in [4.78, 5) is 12.7. The molecule has 0 aliphatic rings. The molecule has 7 aromatic rings. The topological polar surface area (TPSA) is 50.3 Å². The SMILES string of the molecule is C#CCNC(=O)C[n+]1c2ccccc2c2ccn3nc4c(cc3c21)c1cccc2cccc4c21. The Morgan fingerprint density at radius 2 is 1.74 bits per heavy atom. The Bertz CT molecular complexity index is 1970. The number of amides is 1. The predicted molar refractivity (Wildman–Crippen MR) is 136 cm³/mol. The van der Waals surface area contributed by atoms with Gasteiger partial charge in [-0.2, -0.15) is 9.67 Å². The van der Waals surface area contributed by atoms with Gasteiger partial charge >= 0.3 is 0 Å². The largest absolute Gasteiger partial charge is 0.340 e. The summed E-state index contributed by atoms with van der Waals surface area (Å²) in [5.74, 6) is 2.36. The Hall–Kier alpha value is -4.69. The zero-order valence-corrected chi connectivity index (χ0v) is 18.2. The lowest BCUT2D eigenvalue weighted by Crippen LogP contribution is -2.42. The van der Waals surface area contributed by atoms with Gasteiger partial charge in [-0.3, -0.25) is 4.79 Å². The maximum atomic E-state index is 12.7. The first-order valence-corrected chi connectivity index (χ1v) is 11.2. The molecule has 5 nitrogen and oxygen atoms in total. The number of terminal acetylenes is 1. The van der Waals surface area contributed by atoms with E-state index in [1.165, 1.54) is 16.2 Å². The molecule has 7 rings (SSSR count). The third-order valence-electron chi connectivity index (χ3n) is 6.77. The van der Waals surface area contributed by atoms with Crippen molar-refractivity contribution in [1.29, 1.82) is 0 Å². The number of carbonyl (C=O) groups excluding carboxylic acids is 1. The summed E-state index contributed by atoms with van der Waals surface area (Å²) in [5, 5.41) is 16.0. The number of carbonyl (C=O) groups is 1. The molecule has 0 atom stereocenters. The molecule has 3 heterocycles. The van der Waals surface area contributed by atoms with E-state index in [2.05, 4.69) is 76.5 Å². The van der Waals surface area contributed by atoms with Gasteiger partial charge in [-0.1, -0.05) is 54.5 Å². The zero-order valence-electron chi connectivity index (χ0n) is 18.2. The molecule has 3 aromatic heterocycles. The summed E-state index contributed by atoms with van der Waals surface area (Å²) < 4.78 is 4.00. The van der Waals surface area contributed by atoms with Gasteiger partial charge < -0.3 is 5.32 Å². The highest BCUT2D eigenvalue weighted by atomic mass is 16.1. The van der Waals surface area contributed by atoms with Gasteiger partial charge in [0.05, 0.1) is 22.8 Å². The number of rotatable bonds is 3. The van der Waals surface area contributed by atoms with E-state index in [1.807, 2.05) is 22.8 Å². The Balaban J connectivity index is 1.62. The normalized spacial score (nSPS) is 11.9. The van der Waals surface area contributed by atoms with Crippen molar-refractivity contribution in [2.75, 3.05) is 6.54 Å². The highest BCUT2D eigenvalue weighted by Gasteiger charge is 2.25. The second-order valence-electron chi connectivity index (χ2n) is 8.61. The van der Waals surface area contributed by atoms with Crippen LogP contribution in [0.3, 0.4) is 0 Å². The first kappa shape index (κ1) is 18.8. The van der Waals surface area contributed by atoms with E-state index >= 15 is 0 Å². The van der Waals surface area contributed by atoms with E-state index < -0.39 is 0 Å². The molecule has 0 aliphatic heterocycles. The molecule has 160 valence electrons. The standard InChI is InChI=1S/C29H18N4O/c1-2-14-30-26(34)17-32-24-12-4-3-9-19(24)21-13-15-33-25(29(21)32)16-23-20-10-5-7-18-8-6-11-22(27(18)20)28(23)31-33/h1,3-13,15-16H,14,17H2/p+1. The van der Waals surface area contributed by atoms with Gasteiger partial charge in [0.15, 0.2) is 0 Å². The van der Waals surface area contributed by atoms with Crippen molar-refractivity contribution in [2.45, 2.75) is 6.54 Å². The molecule has 0 radical (unpaired) electrons.